The summed E-state index contributed by atoms with van der Waals surface area (Å²) in [5, 5.41) is 18.7. The lowest BCUT2D eigenvalue weighted by Gasteiger charge is -2.10. The largest absolute Gasteiger partial charge is 0.493 e. The van der Waals surface area contributed by atoms with E-state index >= 15 is 0 Å². The van der Waals surface area contributed by atoms with Gasteiger partial charge in [0.2, 0.25) is 5.88 Å². The summed E-state index contributed by atoms with van der Waals surface area (Å²) in [6.45, 7) is 0. The number of fused-ring (bicyclic) bond motifs is 1. The first kappa shape index (κ1) is 20.2. The van der Waals surface area contributed by atoms with Crippen LogP contribution in [0.25, 0.3) is 17.4 Å². The van der Waals surface area contributed by atoms with E-state index in [1.165, 1.54) is 0 Å². The Morgan fingerprint density at radius 3 is 2.85 bits per heavy atom. The predicted octanol–water partition coefficient (Wildman–Crippen LogP) is 1.64. The van der Waals surface area contributed by atoms with Gasteiger partial charge in [0.05, 0.1) is 29.3 Å². The summed E-state index contributed by atoms with van der Waals surface area (Å²) >= 11 is 6.55. The van der Waals surface area contributed by atoms with Crippen LogP contribution < -0.4 is 21.7 Å². The van der Waals surface area contributed by atoms with Gasteiger partial charge >= 0.3 is 5.69 Å². The first-order valence-corrected chi connectivity index (χ1v) is 10.9. The lowest BCUT2D eigenvalue weighted by atomic mass is 10.2. The smallest absolute Gasteiger partial charge is 0.326 e. The number of imidazole rings is 2. The number of nitrogens with one attached hydrogen (secondary N) is 3. The van der Waals surface area contributed by atoms with Crippen LogP contribution >= 0.6 is 11.6 Å². The van der Waals surface area contributed by atoms with Gasteiger partial charge in [-0.2, -0.15) is 9.61 Å². The van der Waals surface area contributed by atoms with Crippen molar-refractivity contribution in [1.82, 2.24) is 34.1 Å². The molecule has 0 bridgehead atoms. The Hall–Kier alpha value is -4.38. The average molecular weight is 476 g/mol. The average Bonchev–Trinajstić information content (AvgIpc) is 3.18. The second-order valence-electron chi connectivity index (χ2n) is 7.94. The molecule has 5 aromatic rings. The van der Waals surface area contributed by atoms with Gasteiger partial charge in [-0.1, -0.05) is 11.6 Å². The molecule has 0 amide bonds. The fourth-order valence-corrected chi connectivity index (χ4v) is 3.80. The van der Waals surface area contributed by atoms with E-state index in [1.54, 1.807) is 29.3 Å². The van der Waals surface area contributed by atoms with Crippen molar-refractivity contribution in [2.24, 2.45) is 4.99 Å². The zero-order chi connectivity index (χ0) is 23.2. The number of H-pyrrole nitrogens is 2. The molecular formula is C22H18ClN9O2. The fourth-order valence-electron chi connectivity index (χ4n) is 3.58. The molecule has 0 aliphatic heterocycles. The summed E-state index contributed by atoms with van der Waals surface area (Å²) in [4.78, 5) is 29.9. The molecular weight excluding hydrogens is 458 g/mol. The second kappa shape index (κ2) is 7.89. The van der Waals surface area contributed by atoms with Gasteiger partial charge in [0.15, 0.2) is 11.1 Å². The van der Waals surface area contributed by atoms with Crippen molar-refractivity contribution in [1.29, 1.82) is 0 Å². The van der Waals surface area contributed by atoms with Crippen molar-refractivity contribution in [2.45, 2.75) is 18.9 Å². The number of benzene rings is 1. The number of nitrogens with zero attached hydrogens (tertiary/aromatic N) is 6. The maximum absolute atomic E-state index is 11.5. The van der Waals surface area contributed by atoms with Crippen LogP contribution in [0.3, 0.4) is 0 Å². The molecule has 0 unspecified atom stereocenters. The molecule has 34 heavy (non-hydrogen) atoms. The molecule has 0 radical (unpaired) electrons. The number of hydrogen-bond acceptors (Lipinski definition) is 7. The molecule has 1 aliphatic carbocycles. The van der Waals surface area contributed by atoms with E-state index in [0.717, 1.165) is 18.5 Å². The molecule has 0 spiro atoms. The fraction of sp³-hybridized carbons (Fsp3) is 0.136. The van der Waals surface area contributed by atoms with Gasteiger partial charge in [-0.25, -0.2) is 14.8 Å². The molecule has 4 N–H and O–H groups in total. The first-order chi connectivity index (χ1) is 16.5. The monoisotopic (exact) mass is 475 g/mol. The number of anilines is 2. The summed E-state index contributed by atoms with van der Waals surface area (Å²) in [5.74, 6) is 0.275. The molecule has 0 saturated heterocycles. The standard InChI is InChI=1S/C22H18ClN9O2/c23-15-8-14(31-6-5-24-11-31)3-4-16(15)27-18-9-19(26-13-1-2-13)32-20(29-18)12(10-25-32)7-17-21(33)30-22(34)28-17/h3-11,13,27,33H,1-2H2,(H2,28,30,34)/b12-7-,26-19?. The summed E-state index contributed by atoms with van der Waals surface area (Å²) in [6.07, 6.45) is 10.5. The van der Waals surface area contributed by atoms with E-state index in [-0.39, 0.29) is 17.6 Å². The van der Waals surface area contributed by atoms with Crippen LogP contribution in [0.1, 0.15) is 18.5 Å². The van der Waals surface area contributed by atoms with Crippen molar-refractivity contribution >= 4 is 34.8 Å². The number of aromatic amines is 2. The number of rotatable bonds is 5. The van der Waals surface area contributed by atoms with Gasteiger partial charge in [-0.3, -0.25) is 9.98 Å². The number of hydrogen-bond donors (Lipinski definition) is 4. The maximum Gasteiger partial charge on any atom is 0.326 e. The maximum atomic E-state index is 11.5. The highest BCUT2D eigenvalue weighted by molar-refractivity contribution is 6.33. The van der Waals surface area contributed by atoms with E-state index in [1.807, 2.05) is 35.0 Å². The van der Waals surface area contributed by atoms with E-state index in [9.17, 15) is 9.90 Å². The third kappa shape index (κ3) is 3.82. The van der Waals surface area contributed by atoms with Crippen LogP contribution in [-0.2, 0) is 0 Å². The van der Waals surface area contributed by atoms with Crippen molar-refractivity contribution in [3.05, 3.63) is 81.1 Å². The minimum atomic E-state index is -0.506. The van der Waals surface area contributed by atoms with Crippen LogP contribution in [0.4, 0.5) is 11.5 Å². The van der Waals surface area contributed by atoms with E-state index < -0.39 is 5.69 Å². The van der Waals surface area contributed by atoms with Gasteiger partial charge in [-0.15, -0.1) is 0 Å². The molecule has 6 rings (SSSR count). The van der Waals surface area contributed by atoms with Crippen LogP contribution in [0.2, 0.25) is 5.02 Å². The van der Waals surface area contributed by atoms with Gasteiger partial charge < -0.3 is 20.0 Å². The molecule has 1 fully saturated rings. The molecule has 0 atom stereocenters. The molecule has 12 heteroatoms. The predicted molar refractivity (Wildman–Crippen MR) is 125 cm³/mol. The third-order valence-electron chi connectivity index (χ3n) is 5.40. The molecule has 4 aromatic heterocycles. The van der Waals surface area contributed by atoms with Gasteiger partial charge in [-0.05, 0) is 37.1 Å². The Morgan fingerprint density at radius 1 is 1.26 bits per heavy atom. The summed E-state index contributed by atoms with van der Waals surface area (Å²) < 4.78 is 3.50. The van der Waals surface area contributed by atoms with Crippen molar-refractivity contribution < 1.29 is 5.11 Å². The Balaban J connectivity index is 1.45. The highest BCUT2D eigenvalue weighted by Gasteiger charge is 2.20. The Kier molecular flexibility index (Phi) is 4.69. The number of halogens is 1. The first-order valence-electron chi connectivity index (χ1n) is 10.5. The van der Waals surface area contributed by atoms with Crippen molar-refractivity contribution in [2.75, 3.05) is 5.32 Å². The summed E-state index contributed by atoms with van der Waals surface area (Å²) in [6, 6.07) is 7.71. The Labute approximate surface area is 196 Å². The normalized spacial score (nSPS) is 14.9. The summed E-state index contributed by atoms with van der Waals surface area (Å²) in [5.41, 5.74) is 2.45. The van der Waals surface area contributed by atoms with E-state index in [4.69, 9.17) is 21.6 Å². The Morgan fingerprint density at radius 2 is 2.15 bits per heavy atom. The third-order valence-corrected chi connectivity index (χ3v) is 5.71. The van der Waals surface area contributed by atoms with Crippen LogP contribution in [-0.4, -0.2) is 45.3 Å². The lowest BCUT2D eigenvalue weighted by Crippen LogP contribution is -2.19. The minimum Gasteiger partial charge on any atom is -0.493 e. The van der Waals surface area contributed by atoms with Crippen molar-refractivity contribution in [3.63, 3.8) is 0 Å². The highest BCUT2D eigenvalue weighted by Crippen LogP contribution is 2.27. The topological polar surface area (TPSA) is 141 Å². The number of aromatic hydroxyl groups is 1. The van der Waals surface area contributed by atoms with E-state index in [2.05, 4.69) is 25.4 Å². The molecule has 1 aliphatic rings. The van der Waals surface area contributed by atoms with Crippen LogP contribution in [0, 0.1) is 0 Å². The molecule has 11 nitrogen and oxygen atoms in total. The Bertz CT molecular complexity index is 1690. The lowest BCUT2D eigenvalue weighted by molar-refractivity contribution is 0.454. The quantitative estimate of drug-likeness (QED) is 0.304. The molecule has 170 valence electrons. The minimum absolute atomic E-state index is 0.235. The van der Waals surface area contributed by atoms with Crippen molar-refractivity contribution in [3.8, 4) is 11.6 Å². The van der Waals surface area contributed by atoms with Crippen LogP contribution in [0.15, 0.2) is 59.0 Å². The second-order valence-corrected chi connectivity index (χ2v) is 8.35. The zero-order valence-electron chi connectivity index (χ0n) is 17.6. The van der Waals surface area contributed by atoms with Crippen LogP contribution in [0.5, 0.6) is 5.88 Å². The molecule has 1 aromatic carbocycles. The summed E-state index contributed by atoms with van der Waals surface area (Å²) in [7, 11) is 0. The number of aromatic nitrogens is 7. The van der Waals surface area contributed by atoms with Gasteiger partial charge in [0.1, 0.15) is 11.5 Å². The highest BCUT2D eigenvalue weighted by atomic mass is 35.5. The SMILES string of the molecule is O=c1[nH]c(O)c(/C=c2/cnn3c(=NC4CC4)cc(Nc4ccc(-n5ccnc5)cc4Cl)nc23)[nH]1. The molecule has 4 heterocycles. The van der Waals surface area contributed by atoms with E-state index in [0.29, 0.717) is 32.9 Å². The van der Waals surface area contributed by atoms with Gasteiger partial charge in [0, 0.05) is 29.4 Å². The molecule has 1 saturated carbocycles. The zero-order valence-corrected chi connectivity index (χ0v) is 18.4. The van der Waals surface area contributed by atoms with Gasteiger partial charge in [0.25, 0.3) is 0 Å².